The molecule has 0 saturated heterocycles. The van der Waals surface area contributed by atoms with E-state index >= 15 is 0 Å². The fourth-order valence-electron chi connectivity index (χ4n) is 4.76. The van der Waals surface area contributed by atoms with Gasteiger partial charge in [0.2, 0.25) is 0 Å². The molecule has 1 saturated carbocycles. The van der Waals surface area contributed by atoms with E-state index in [9.17, 15) is 0 Å². The number of hydrogen-bond acceptors (Lipinski definition) is 0. The van der Waals surface area contributed by atoms with Gasteiger partial charge in [-0.25, -0.2) is 0 Å². The van der Waals surface area contributed by atoms with Gasteiger partial charge in [0.05, 0.1) is 0 Å². The van der Waals surface area contributed by atoms with Crippen molar-refractivity contribution in [2.24, 2.45) is 11.8 Å². The van der Waals surface area contributed by atoms with E-state index in [0.717, 1.165) is 11.8 Å². The minimum atomic E-state index is 1.06. The van der Waals surface area contributed by atoms with Crippen molar-refractivity contribution in [1.82, 2.24) is 0 Å². The molecule has 144 valence electrons. The summed E-state index contributed by atoms with van der Waals surface area (Å²) >= 11 is 0. The van der Waals surface area contributed by atoms with Gasteiger partial charge in [0.25, 0.3) is 0 Å². The standard InChI is InChI=1S/C24H48/c1-3-5-7-8-10-13-16-20-23(19-6-4-2)24-21-17-14-11-9-12-15-18-22-24/h23-24H,3-22H2,1-2H3. The van der Waals surface area contributed by atoms with Crippen LogP contribution in [0, 0.1) is 11.8 Å². The first-order valence-corrected chi connectivity index (χ1v) is 11.9. The number of rotatable bonds is 12. The highest BCUT2D eigenvalue weighted by Crippen LogP contribution is 2.33. The van der Waals surface area contributed by atoms with Gasteiger partial charge < -0.3 is 0 Å². The van der Waals surface area contributed by atoms with Gasteiger partial charge in [-0.2, -0.15) is 0 Å². The van der Waals surface area contributed by atoms with Crippen LogP contribution in [0.1, 0.15) is 142 Å². The van der Waals surface area contributed by atoms with Crippen LogP contribution in [0.5, 0.6) is 0 Å². The van der Waals surface area contributed by atoms with E-state index in [1.54, 1.807) is 19.3 Å². The molecule has 24 heavy (non-hydrogen) atoms. The molecule has 0 bridgehead atoms. The molecule has 0 aromatic carbocycles. The van der Waals surface area contributed by atoms with E-state index in [4.69, 9.17) is 0 Å². The summed E-state index contributed by atoms with van der Waals surface area (Å²) in [7, 11) is 0. The molecule has 0 heterocycles. The predicted octanol–water partition coefficient (Wildman–Crippen LogP) is 9.07. The van der Waals surface area contributed by atoms with E-state index in [-0.39, 0.29) is 0 Å². The highest BCUT2D eigenvalue weighted by molar-refractivity contribution is 4.72. The molecule has 0 N–H and O–H groups in total. The van der Waals surface area contributed by atoms with Crippen LogP contribution in [-0.4, -0.2) is 0 Å². The minimum absolute atomic E-state index is 1.06. The lowest BCUT2D eigenvalue weighted by atomic mass is 9.77. The first kappa shape index (κ1) is 22.0. The summed E-state index contributed by atoms with van der Waals surface area (Å²) in [5, 5.41) is 0. The fourth-order valence-corrected chi connectivity index (χ4v) is 4.76. The Morgan fingerprint density at radius 2 is 1.00 bits per heavy atom. The molecule has 1 atom stereocenters. The van der Waals surface area contributed by atoms with Crippen LogP contribution in [0.25, 0.3) is 0 Å². The Bertz CT molecular complexity index is 234. The average Bonchev–Trinajstić information content (AvgIpc) is 2.61. The molecule has 0 spiro atoms. The fraction of sp³-hybridized carbons (Fsp3) is 1.00. The molecule has 0 aliphatic heterocycles. The molecule has 0 nitrogen and oxygen atoms in total. The van der Waals surface area contributed by atoms with Crippen molar-refractivity contribution in [3.05, 3.63) is 0 Å². The van der Waals surface area contributed by atoms with E-state index in [1.807, 2.05) is 0 Å². The van der Waals surface area contributed by atoms with Crippen LogP contribution in [0.15, 0.2) is 0 Å². The molecule has 0 heteroatoms. The molecule has 1 aliphatic carbocycles. The quantitative estimate of drug-likeness (QED) is 0.312. The monoisotopic (exact) mass is 336 g/mol. The van der Waals surface area contributed by atoms with Crippen molar-refractivity contribution >= 4 is 0 Å². The third kappa shape index (κ3) is 11.5. The van der Waals surface area contributed by atoms with Crippen molar-refractivity contribution in [3.8, 4) is 0 Å². The van der Waals surface area contributed by atoms with Crippen LogP contribution < -0.4 is 0 Å². The Hall–Kier alpha value is 0. The Morgan fingerprint density at radius 3 is 1.58 bits per heavy atom. The molecular formula is C24H48. The molecule has 1 aliphatic rings. The largest absolute Gasteiger partial charge is 0.0654 e. The zero-order valence-corrected chi connectivity index (χ0v) is 17.3. The zero-order chi connectivity index (χ0) is 17.3. The summed E-state index contributed by atoms with van der Waals surface area (Å²) in [4.78, 5) is 0. The maximum Gasteiger partial charge on any atom is -0.0386 e. The second-order valence-corrected chi connectivity index (χ2v) is 8.62. The van der Waals surface area contributed by atoms with E-state index in [1.165, 1.54) is 109 Å². The molecule has 1 fully saturated rings. The maximum absolute atomic E-state index is 2.37. The summed E-state index contributed by atoms with van der Waals surface area (Å²) in [5.74, 6) is 2.12. The highest BCUT2D eigenvalue weighted by atomic mass is 14.3. The summed E-state index contributed by atoms with van der Waals surface area (Å²) in [6.07, 6.45) is 29.9. The average molecular weight is 337 g/mol. The lowest BCUT2D eigenvalue weighted by molar-refractivity contribution is 0.235. The molecule has 0 amide bonds. The van der Waals surface area contributed by atoms with Gasteiger partial charge in [0.1, 0.15) is 0 Å². The van der Waals surface area contributed by atoms with Crippen LogP contribution in [0.3, 0.4) is 0 Å². The van der Waals surface area contributed by atoms with Gasteiger partial charge in [0.15, 0.2) is 0 Å². The van der Waals surface area contributed by atoms with Gasteiger partial charge in [-0.1, -0.05) is 142 Å². The highest BCUT2D eigenvalue weighted by Gasteiger charge is 2.20. The van der Waals surface area contributed by atoms with E-state index in [0.29, 0.717) is 0 Å². The second kappa shape index (κ2) is 16.5. The van der Waals surface area contributed by atoms with Gasteiger partial charge in [0, 0.05) is 0 Å². The SMILES string of the molecule is CCCCCCCCCC(CCCC)C1CCCCCCCCC1. The van der Waals surface area contributed by atoms with Gasteiger partial charge in [-0.05, 0) is 11.8 Å². The summed E-state index contributed by atoms with van der Waals surface area (Å²) < 4.78 is 0. The smallest absolute Gasteiger partial charge is 0.0386 e. The Kier molecular flexibility index (Phi) is 15.1. The van der Waals surface area contributed by atoms with Gasteiger partial charge in [-0.15, -0.1) is 0 Å². The lowest BCUT2D eigenvalue weighted by Crippen LogP contribution is -2.16. The third-order valence-electron chi connectivity index (χ3n) is 6.42. The summed E-state index contributed by atoms with van der Waals surface area (Å²) in [6.45, 7) is 4.69. The van der Waals surface area contributed by atoms with Crippen LogP contribution in [0.4, 0.5) is 0 Å². The molecular weight excluding hydrogens is 288 g/mol. The molecule has 0 aromatic heterocycles. The summed E-state index contributed by atoms with van der Waals surface area (Å²) in [6, 6.07) is 0. The van der Waals surface area contributed by atoms with Crippen LogP contribution in [-0.2, 0) is 0 Å². The molecule has 0 radical (unpaired) electrons. The molecule has 1 rings (SSSR count). The van der Waals surface area contributed by atoms with E-state index < -0.39 is 0 Å². The van der Waals surface area contributed by atoms with Crippen molar-refractivity contribution in [3.63, 3.8) is 0 Å². The normalized spacial score (nSPS) is 19.2. The summed E-state index contributed by atoms with van der Waals surface area (Å²) in [5.41, 5.74) is 0. The van der Waals surface area contributed by atoms with Crippen molar-refractivity contribution < 1.29 is 0 Å². The first-order valence-electron chi connectivity index (χ1n) is 11.9. The predicted molar refractivity (Wildman–Crippen MR) is 111 cm³/mol. The van der Waals surface area contributed by atoms with Crippen LogP contribution >= 0.6 is 0 Å². The Balaban J connectivity index is 2.31. The molecule has 1 unspecified atom stereocenters. The van der Waals surface area contributed by atoms with E-state index in [2.05, 4.69) is 13.8 Å². The second-order valence-electron chi connectivity index (χ2n) is 8.62. The van der Waals surface area contributed by atoms with Crippen molar-refractivity contribution in [2.45, 2.75) is 142 Å². The van der Waals surface area contributed by atoms with Crippen molar-refractivity contribution in [2.75, 3.05) is 0 Å². The minimum Gasteiger partial charge on any atom is -0.0654 e. The zero-order valence-electron chi connectivity index (χ0n) is 17.3. The van der Waals surface area contributed by atoms with Crippen LogP contribution in [0.2, 0.25) is 0 Å². The van der Waals surface area contributed by atoms with Crippen molar-refractivity contribution in [1.29, 1.82) is 0 Å². The third-order valence-corrected chi connectivity index (χ3v) is 6.42. The van der Waals surface area contributed by atoms with Gasteiger partial charge in [-0.3, -0.25) is 0 Å². The van der Waals surface area contributed by atoms with Gasteiger partial charge >= 0.3 is 0 Å². The Morgan fingerprint density at radius 1 is 0.542 bits per heavy atom. The maximum atomic E-state index is 2.37. The number of unbranched alkanes of at least 4 members (excludes halogenated alkanes) is 7. The number of hydrogen-bond donors (Lipinski definition) is 0. The lowest BCUT2D eigenvalue weighted by Gasteiger charge is -2.28. The molecule has 0 aromatic rings. The first-order chi connectivity index (χ1) is 11.9. The topological polar surface area (TPSA) is 0 Å². The Labute approximate surface area is 154 Å².